The lowest BCUT2D eigenvalue weighted by Gasteiger charge is -2.09. The van der Waals surface area contributed by atoms with Crippen molar-refractivity contribution in [3.63, 3.8) is 0 Å². The molecule has 2 aromatic rings. The van der Waals surface area contributed by atoms with Crippen LogP contribution in [0.4, 0.5) is 0 Å². The van der Waals surface area contributed by atoms with Gasteiger partial charge < -0.3 is 9.40 Å². The molecule has 0 N–H and O–H groups in total. The summed E-state index contributed by atoms with van der Waals surface area (Å²) in [5, 5.41) is 5.22. The lowest BCUT2D eigenvalue weighted by atomic mass is 10.1. The molecule has 0 aliphatic heterocycles. The van der Waals surface area contributed by atoms with Crippen LogP contribution >= 0.6 is 23.2 Å². The molecule has 0 radical (unpaired) electrons. The molecule has 104 valence electrons. The van der Waals surface area contributed by atoms with E-state index in [1.807, 2.05) is 16.8 Å². The summed E-state index contributed by atoms with van der Waals surface area (Å²) < 4.78 is 1.88. The summed E-state index contributed by atoms with van der Waals surface area (Å²) >= 11 is 12.1. The highest BCUT2D eigenvalue weighted by atomic mass is 35.5. The summed E-state index contributed by atoms with van der Waals surface area (Å²) in [5.74, 6) is 0. The lowest BCUT2D eigenvalue weighted by Crippen LogP contribution is -2.12. The maximum absolute atomic E-state index is 6.21. The van der Waals surface area contributed by atoms with Crippen LogP contribution in [-0.4, -0.2) is 21.9 Å². The number of imidazole rings is 1. The van der Waals surface area contributed by atoms with Crippen LogP contribution in [0.5, 0.6) is 0 Å². The molecular formula is C14H13Cl2N3O. The molecule has 0 unspecified atom stereocenters. The van der Waals surface area contributed by atoms with Crippen molar-refractivity contribution in [3.8, 4) is 0 Å². The van der Waals surface area contributed by atoms with E-state index in [2.05, 4.69) is 16.7 Å². The number of halogens is 2. The molecule has 0 aliphatic carbocycles. The molecule has 0 aliphatic rings. The van der Waals surface area contributed by atoms with Gasteiger partial charge in [0.1, 0.15) is 12.3 Å². The second kappa shape index (κ2) is 7.12. The maximum atomic E-state index is 6.21. The molecule has 0 spiro atoms. The molecule has 6 heteroatoms. The minimum Gasteiger partial charge on any atom is -0.391 e. The Bertz CT molecular complexity index is 609. The lowest BCUT2D eigenvalue weighted by molar-refractivity contribution is 0.174. The molecule has 0 atom stereocenters. The standard InChI is InChI=1S/C14H13Cl2N3O/c1-2-7-20-18-14(9-19-6-5-17-10-19)12-4-3-11(15)8-13(12)16/h2-6,8,10H,1,7,9H2/b18-14-. The normalized spacial score (nSPS) is 11.4. The fourth-order valence-corrected chi connectivity index (χ4v) is 2.13. The highest BCUT2D eigenvalue weighted by molar-refractivity contribution is 6.37. The minimum absolute atomic E-state index is 0.332. The number of hydrogen-bond acceptors (Lipinski definition) is 3. The van der Waals surface area contributed by atoms with Crippen molar-refractivity contribution in [2.45, 2.75) is 6.54 Å². The van der Waals surface area contributed by atoms with Crippen LogP contribution < -0.4 is 0 Å². The first-order valence-electron chi connectivity index (χ1n) is 5.91. The highest BCUT2D eigenvalue weighted by Crippen LogP contribution is 2.22. The van der Waals surface area contributed by atoms with Crippen LogP contribution in [0.2, 0.25) is 10.0 Å². The molecule has 1 aromatic heterocycles. The van der Waals surface area contributed by atoms with Crippen LogP contribution in [0, 0.1) is 0 Å². The van der Waals surface area contributed by atoms with Crippen molar-refractivity contribution in [2.75, 3.05) is 6.61 Å². The van der Waals surface area contributed by atoms with E-state index in [1.165, 1.54) is 0 Å². The first-order valence-corrected chi connectivity index (χ1v) is 6.67. The summed E-state index contributed by atoms with van der Waals surface area (Å²) in [6, 6.07) is 5.26. The van der Waals surface area contributed by atoms with Crippen molar-refractivity contribution < 1.29 is 4.84 Å². The molecule has 0 fully saturated rings. The van der Waals surface area contributed by atoms with E-state index in [9.17, 15) is 0 Å². The largest absolute Gasteiger partial charge is 0.391 e. The summed E-state index contributed by atoms with van der Waals surface area (Å²) in [4.78, 5) is 9.18. The summed E-state index contributed by atoms with van der Waals surface area (Å²) in [6.07, 6.45) is 6.87. The van der Waals surface area contributed by atoms with Gasteiger partial charge in [-0.15, -0.1) is 0 Å². The van der Waals surface area contributed by atoms with Crippen molar-refractivity contribution in [3.05, 3.63) is 65.2 Å². The van der Waals surface area contributed by atoms with Gasteiger partial charge in [0.2, 0.25) is 0 Å². The van der Waals surface area contributed by atoms with Gasteiger partial charge in [-0.1, -0.05) is 41.0 Å². The number of rotatable bonds is 6. The van der Waals surface area contributed by atoms with Gasteiger partial charge in [0.15, 0.2) is 0 Å². The number of aromatic nitrogens is 2. The van der Waals surface area contributed by atoms with Gasteiger partial charge in [0.25, 0.3) is 0 Å². The Morgan fingerprint density at radius 3 is 2.95 bits per heavy atom. The van der Waals surface area contributed by atoms with Gasteiger partial charge in [0, 0.05) is 23.0 Å². The quantitative estimate of drug-likeness (QED) is 0.352. The molecular weight excluding hydrogens is 297 g/mol. The molecule has 0 saturated carbocycles. The Hall–Kier alpha value is -1.78. The van der Waals surface area contributed by atoms with Gasteiger partial charge >= 0.3 is 0 Å². The Morgan fingerprint density at radius 1 is 1.45 bits per heavy atom. The molecule has 1 aromatic carbocycles. The molecule has 0 saturated heterocycles. The predicted octanol–water partition coefficient (Wildman–Crippen LogP) is 3.80. The summed E-state index contributed by atoms with van der Waals surface area (Å²) in [6.45, 7) is 4.41. The van der Waals surface area contributed by atoms with E-state index in [-0.39, 0.29) is 0 Å². The predicted molar refractivity (Wildman–Crippen MR) is 81.4 cm³/mol. The van der Waals surface area contributed by atoms with E-state index >= 15 is 0 Å². The smallest absolute Gasteiger partial charge is 0.135 e. The Labute approximate surface area is 127 Å². The first-order chi connectivity index (χ1) is 9.70. The third kappa shape index (κ3) is 3.85. The molecule has 0 bridgehead atoms. The maximum Gasteiger partial charge on any atom is 0.135 e. The average Bonchev–Trinajstić information content (AvgIpc) is 2.91. The van der Waals surface area contributed by atoms with Gasteiger partial charge in [-0.05, 0) is 18.2 Å². The van der Waals surface area contributed by atoms with Crippen LogP contribution in [0.1, 0.15) is 5.56 Å². The third-order valence-corrected chi connectivity index (χ3v) is 3.05. The topological polar surface area (TPSA) is 39.4 Å². The second-order valence-corrected chi connectivity index (χ2v) is 4.83. The van der Waals surface area contributed by atoms with Gasteiger partial charge in [-0.25, -0.2) is 4.98 Å². The van der Waals surface area contributed by atoms with Crippen LogP contribution in [-0.2, 0) is 11.4 Å². The Balaban J connectivity index is 2.29. The minimum atomic E-state index is 0.332. The number of benzene rings is 1. The second-order valence-electron chi connectivity index (χ2n) is 3.98. The monoisotopic (exact) mass is 309 g/mol. The van der Waals surface area contributed by atoms with E-state index in [1.54, 1.807) is 30.7 Å². The zero-order chi connectivity index (χ0) is 14.4. The zero-order valence-corrected chi connectivity index (χ0v) is 12.2. The average molecular weight is 310 g/mol. The van der Waals surface area contributed by atoms with E-state index in [4.69, 9.17) is 28.0 Å². The van der Waals surface area contributed by atoms with E-state index in [0.717, 1.165) is 5.56 Å². The number of oxime groups is 1. The fourth-order valence-electron chi connectivity index (χ4n) is 1.61. The Morgan fingerprint density at radius 2 is 2.30 bits per heavy atom. The van der Waals surface area contributed by atoms with Crippen molar-refractivity contribution in [1.82, 2.24) is 9.55 Å². The summed E-state index contributed by atoms with van der Waals surface area (Å²) in [7, 11) is 0. The van der Waals surface area contributed by atoms with Crippen molar-refractivity contribution in [1.29, 1.82) is 0 Å². The molecule has 0 amide bonds. The number of hydrogen-bond donors (Lipinski definition) is 0. The van der Waals surface area contributed by atoms with E-state index in [0.29, 0.717) is 28.9 Å². The zero-order valence-electron chi connectivity index (χ0n) is 10.7. The number of nitrogens with zero attached hydrogens (tertiary/aromatic N) is 3. The van der Waals surface area contributed by atoms with Crippen molar-refractivity contribution in [2.24, 2.45) is 5.16 Å². The van der Waals surface area contributed by atoms with Crippen molar-refractivity contribution >= 4 is 28.9 Å². The van der Waals surface area contributed by atoms with E-state index < -0.39 is 0 Å². The third-order valence-electron chi connectivity index (χ3n) is 2.50. The fraction of sp³-hybridized carbons (Fsp3) is 0.143. The van der Waals surface area contributed by atoms with Crippen LogP contribution in [0.15, 0.2) is 54.7 Å². The van der Waals surface area contributed by atoms with Gasteiger partial charge in [-0.3, -0.25) is 0 Å². The molecule has 4 nitrogen and oxygen atoms in total. The molecule has 20 heavy (non-hydrogen) atoms. The van der Waals surface area contributed by atoms with Crippen LogP contribution in [0.3, 0.4) is 0 Å². The first kappa shape index (κ1) is 14.6. The Kier molecular flexibility index (Phi) is 5.21. The van der Waals surface area contributed by atoms with Gasteiger partial charge in [-0.2, -0.15) is 0 Å². The molecule has 1 heterocycles. The van der Waals surface area contributed by atoms with Crippen LogP contribution in [0.25, 0.3) is 0 Å². The summed E-state index contributed by atoms with van der Waals surface area (Å²) in [5.41, 5.74) is 1.46. The molecule has 2 rings (SSSR count). The van der Waals surface area contributed by atoms with Gasteiger partial charge in [0.05, 0.1) is 17.9 Å². The highest BCUT2D eigenvalue weighted by Gasteiger charge is 2.10. The SMILES string of the molecule is C=CCO/N=C(/Cn1ccnc1)c1ccc(Cl)cc1Cl.